The molecule has 0 saturated heterocycles. The van der Waals surface area contributed by atoms with Crippen molar-refractivity contribution in [3.63, 3.8) is 0 Å². The first-order valence-electron chi connectivity index (χ1n) is 12.8. The number of nitriles is 1. The van der Waals surface area contributed by atoms with E-state index in [0.29, 0.717) is 41.0 Å². The van der Waals surface area contributed by atoms with E-state index in [1.54, 1.807) is 53.5 Å². The lowest BCUT2D eigenvalue weighted by Crippen LogP contribution is -2.35. The number of hydrogen-bond acceptors (Lipinski definition) is 10. The Bertz CT molecular complexity index is 1770. The minimum atomic E-state index is -4.39. The zero-order chi connectivity index (χ0) is 29.8. The Morgan fingerprint density at radius 3 is 2.39 bits per heavy atom. The highest BCUT2D eigenvalue weighted by molar-refractivity contribution is 7.85. The van der Waals surface area contributed by atoms with Crippen LogP contribution in [0.4, 0.5) is 5.69 Å². The highest BCUT2D eigenvalue weighted by Gasteiger charge is 2.27. The summed E-state index contributed by atoms with van der Waals surface area (Å²) in [5.41, 5.74) is 2.66. The first kappa shape index (κ1) is 30.1. The van der Waals surface area contributed by atoms with Gasteiger partial charge in [0.2, 0.25) is 5.88 Å². The molecular formula is C27H29N4O8S2-. The Labute approximate surface area is 238 Å². The maximum atomic E-state index is 11.2. The average Bonchev–Trinajstić information content (AvgIpc) is 3.40. The van der Waals surface area contributed by atoms with Crippen LogP contribution >= 0.6 is 0 Å². The van der Waals surface area contributed by atoms with E-state index in [1.807, 2.05) is 22.1 Å². The number of ether oxygens (including phenoxy) is 2. The van der Waals surface area contributed by atoms with Crippen LogP contribution in [0.3, 0.4) is 0 Å². The predicted molar refractivity (Wildman–Crippen MR) is 149 cm³/mol. The molecule has 1 aliphatic rings. The number of imidazole rings is 1. The number of nitrogens with zero attached hydrogens (tertiary/aromatic N) is 4. The van der Waals surface area contributed by atoms with Crippen LogP contribution < -0.4 is 18.9 Å². The fourth-order valence-corrected chi connectivity index (χ4v) is 5.72. The monoisotopic (exact) mass is 601 g/mol. The number of rotatable bonds is 12. The lowest BCUT2D eigenvalue weighted by atomic mass is 10.2. The van der Waals surface area contributed by atoms with E-state index in [4.69, 9.17) is 9.47 Å². The van der Waals surface area contributed by atoms with Gasteiger partial charge in [0.15, 0.2) is 16.8 Å². The number of aryl methyl sites for hydroxylation is 2. The molecule has 14 heteroatoms. The largest absolute Gasteiger partial charge is 0.748 e. The first-order chi connectivity index (χ1) is 19.4. The second-order valence-electron chi connectivity index (χ2n) is 9.25. The molecule has 0 spiro atoms. The van der Waals surface area contributed by atoms with Crippen LogP contribution in [-0.2, 0) is 33.3 Å². The maximum absolute atomic E-state index is 11.2. The highest BCUT2D eigenvalue weighted by Crippen LogP contribution is 2.41. The molecule has 41 heavy (non-hydrogen) atoms. The molecule has 2 heterocycles. The maximum Gasteiger partial charge on any atom is 0.282 e. The van der Waals surface area contributed by atoms with Gasteiger partial charge in [-0.05, 0) is 56.2 Å². The lowest BCUT2D eigenvalue weighted by molar-refractivity contribution is -0.670. The molecule has 1 aromatic heterocycles. The van der Waals surface area contributed by atoms with Crippen molar-refractivity contribution < 1.29 is 40.0 Å². The molecule has 0 N–H and O–H groups in total. The molecule has 0 unspecified atom stereocenters. The average molecular weight is 602 g/mol. The van der Waals surface area contributed by atoms with Gasteiger partial charge in [-0.2, -0.15) is 5.26 Å². The number of methoxy groups -OCH3 is 1. The number of allylic oxidation sites excluding steroid dienone is 2. The number of fused-ring (bicyclic) bond motifs is 2. The Balaban J connectivity index is 1.72. The van der Waals surface area contributed by atoms with Gasteiger partial charge < -0.3 is 23.5 Å². The van der Waals surface area contributed by atoms with Gasteiger partial charge in [-0.25, -0.2) is 26.0 Å². The summed E-state index contributed by atoms with van der Waals surface area (Å²) in [5, 5.41) is 9.42. The van der Waals surface area contributed by atoms with E-state index in [1.165, 1.54) is 7.11 Å². The van der Waals surface area contributed by atoms with Gasteiger partial charge in [-0.1, -0.05) is 0 Å². The normalized spacial score (nSPS) is 14.5. The summed E-state index contributed by atoms with van der Waals surface area (Å²) in [6.07, 6.45) is 5.42. The molecule has 2 aromatic carbocycles. The SMILES string of the molecule is CC[n+]1c(C=CC=C2Oc3ccc(OC)cc3N2CCCS(=O)(=O)[O-])n(CCCS(=O)(=O)[O-])c2cc(C#N)ccc21. The summed E-state index contributed by atoms with van der Waals surface area (Å²) >= 11 is 0. The first-order valence-corrected chi connectivity index (χ1v) is 15.9. The Kier molecular flexibility index (Phi) is 9.03. The second kappa shape index (κ2) is 12.3. The highest BCUT2D eigenvalue weighted by atomic mass is 32.2. The van der Waals surface area contributed by atoms with Gasteiger partial charge in [0.1, 0.15) is 5.75 Å². The molecule has 4 rings (SSSR count). The Morgan fingerprint density at radius 1 is 1.05 bits per heavy atom. The van der Waals surface area contributed by atoms with Crippen molar-refractivity contribution in [3.8, 4) is 17.6 Å². The molecule has 218 valence electrons. The van der Waals surface area contributed by atoms with Crippen LogP contribution in [0.5, 0.6) is 11.5 Å². The summed E-state index contributed by atoms with van der Waals surface area (Å²) in [4.78, 5) is 1.76. The summed E-state index contributed by atoms with van der Waals surface area (Å²) in [5.74, 6) is 1.19. The van der Waals surface area contributed by atoms with E-state index in [-0.39, 0.29) is 25.9 Å². The van der Waals surface area contributed by atoms with Gasteiger partial charge in [0.25, 0.3) is 5.82 Å². The van der Waals surface area contributed by atoms with Crippen molar-refractivity contribution in [1.29, 1.82) is 5.26 Å². The summed E-state index contributed by atoms with van der Waals surface area (Å²) in [7, 11) is -7.25. The van der Waals surface area contributed by atoms with Crippen LogP contribution in [0.25, 0.3) is 17.1 Å². The van der Waals surface area contributed by atoms with Crippen molar-refractivity contribution in [2.24, 2.45) is 0 Å². The van der Waals surface area contributed by atoms with E-state index >= 15 is 0 Å². The molecule has 0 amide bonds. The van der Waals surface area contributed by atoms with Crippen molar-refractivity contribution in [2.75, 3.05) is 30.1 Å². The van der Waals surface area contributed by atoms with Gasteiger partial charge in [-0.3, -0.25) is 0 Å². The number of hydrogen-bond donors (Lipinski definition) is 0. The molecule has 3 aromatic rings. The topological polar surface area (TPSA) is 169 Å². The van der Waals surface area contributed by atoms with E-state index in [2.05, 4.69) is 6.07 Å². The van der Waals surface area contributed by atoms with Gasteiger partial charge in [-0.15, -0.1) is 0 Å². The molecule has 0 atom stereocenters. The fraction of sp³-hybridized carbons (Fsp3) is 0.333. The van der Waals surface area contributed by atoms with Crippen molar-refractivity contribution >= 4 is 43.0 Å². The molecule has 0 saturated carbocycles. The van der Waals surface area contributed by atoms with Crippen LogP contribution in [-0.4, -0.2) is 55.7 Å². The molecule has 0 fully saturated rings. The van der Waals surface area contributed by atoms with Crippen LogP contribution in [0, 0.1) is 11.3 Å². The van der Waals surface area contributed by atoms with Crippen molar-refractivity contribution in [2.45, 2.75) is 32.9 Å². The molecule has 12 nitrogen and oxygen atoms in total. The van der Waals surface area contributed by atoms with Gasteiger partial charge in [0.05, 0.1) is 57.8 Å². The van der Waals surface area contributed by atoms with E-state index in [9.17, 15) is 31.2 Å². The van der Waals surface area contributed by atoms with Crippen LogP contribution in [0.15, 0.2) is 54.4 Å². The minimum absolute atomic E-state index is 0.0841. The van der Waals surface area contributed by atoms with Crippen LogP contribution in [0.1, 0.15) is 31.2 Å². The molecule has 1 aliphatic heterocycles. The zero-order valence-electron chi connectivity index (χ0n) is 22.5. The third-order valence-corrected chi connectivity index (χ3v) is 8.11. The smallest absolute Gasteiger partial charge is 0.282 e. The molecule has 0 radical (unpaired) electrons. The summed E-state index contributed by atoms with van der Waals surface area (Å²) in [6, 6.07) is 12.6. The Hall–Kier alpha value is -3.90. The number of benzene rings is 2. The third kappa shape index (κ3) is 7.25. The van der Waals surface area contributed by atoms with Gasteiger partial charge in [0, 0.05) is 36.3 Å². The lowest BCUT2D eigenvalue weighted by Gasteiger charge is -2.19. The minimum Gasteiger partial charge on any atom is -0.748 e. The van der Waals surface area contributed by atoms with E-state index in [0.717, 1.165) is 11.0 Å². The predicted octanol–water partition coefficient (Wildman–Crippen LogP) is 2.45. The van der Waals surface area contributed by atoms with Gasteiger partial charge >= 0.3 is 0 Å². The second-order valence-corrected chi connectivity index (χ2v) is 12.3. The fourth-order valence-electron chi connectivity index (χ4n) is 4.76. The Morgan fingerprint density at radius 2 is 1.76 bits per heavy atom. The molecule has 0 aliphatic carbocycles. The quantitative estimate of drug-likeness (QED) is 0.222. The van der Waals surface area contributed by atoms with Crippen molar-refractivity contribution in [1.82, 2.24) is 4.57 Å². The molecular weight excluding hydrogens is 572 g/mol. The summed E-state index contributed by atoms with van der Waals surface area (Å²) in [6.45, 7) is 2.96. The zero-order valence-corrected chi connectivity index (χ0v) is 24.2. The molecule has 0 bridgehead atoms. The van der Waals surface area contributed by atoms with E-state index < -0.39 is 31.7 Å². The van der Waals surface area contributed by atoms with Crippen LogP contribution in [0.2, 0.25) is 0 Å². The standard InChI is InChI=1S/C27H30N4O8S2/c1-3-29-22-11-9-20(19-28)17-23(22)30(13-5-15-40(32,33)34)26(29)7-4-8-27-31(14-6-16-41(35,36)37)24-18-21(38-2)10-12-25(24)39-27/h4,7-12,17-18H,3,5-6,13-16H2,1-2H3,(H-,32,33,34,35,36,37)/p-1. The van der Waals surface area contributed by atoms with Crippen molar-refractivity contribution in [3.05, 3.63) is 65.8 Å². The summed E-state index contributed by atoms with van der Waals surface area (Å²) < 4.78 is 82.4. The number of aromatic nitrogens is 2. The third-order valence-electron chi connectivity index (χ3n) is 6.53. The number of anilines is 1.